The molecule has 1 aromatic carbocycles. The molecule has 1 aliphatic rings. The summed E-state index contributed by atoms with van der Waals surface area (Å²) in [7, 11) is 0. The molecule has 1 saturated heterocycles. The second-order valence-corrected chi connectivity index (χ2v) is 6.27. The Morgan fingerprint density at radius 2 is 2.04 bits per heavy atom. The molecule has 0 spiro atoms. The number of piperazine rings is 1. The predicted molar refractivity (Wildman–Crippen MR) is 97.6 cm³/mol. The number of amides is 1. The minimum absolute atomic E-state index is 0.0121. The van der Waals surface area contributed by atoms with Crippen LogP contribution in [0.4, 0.5) is 5.69 Å². The standard InChI is InChI=1S/C17H22N6O3/c1-2-5-18-17(24)12-20-6-8-21(9-7-20)13-22-16-4-3-15(23(25)26)10-14(16)11-19-22/h2-4,10-11H,1,5-9,12-13H2,(H,18,24). The highest BCUT2D eigenvalue weighted by molar-refractivity contribution is 5.81. The first-order valence-corrected chi connectivity index (χ1v) is 8.49. The zero-order valence-electron chi connectivity index (χ0n) is 14.5. The normalized spacial score (nSPS) is 15.8. The van der Waals surface area contributed by atoms with Crippen LogP contribution in [0.15, 0.2) is 37.1 Å². The average molecular weight is 358 g/mol. The van der Waals surface area contributed by atoms with Crippen molar-refractivity contribution >= 4 is 22.5 Å². The fourth-order valence-electron chi connectivity index (χ4n) is 3.02. The van der Waals surface area contributed by atoms with Gasteiger partial charge >= 0.3 is 0 Å². The zero-order valence-corrected chi connectivity index (χ0v) is 14.5. The zero-order chi connectivity index (χ0) is 18.5. The molecule has 9 nitrogen and oxygen atoms in total. The van der Waals surface area contributed by atoms with Gasteiger partial charge < -0.3 is 5.32 Å². The van der Waals surface area contributed by atoms with Gasteiger partial charge in [0, 0.05) is 50.2 Å². The van der Waals surface area contributed by atoms with Gasteiger partial charge in [0.05, 0.1) is 29.9 Å². The molecule has 1 amide bonds. The van der Waals surface area contributed by atoms with Crippen molar-refractivity contribution in [2.24, 2.45) is 0 Å². The number of benzene rings is 1. The van der Waals surface area contributed by atoms with Crippen LogP contribution in [0.5, 0.6) is 0 Å². The second-order valence-electron chi connectivity index (χ2n) is 6.27. The third kappa shape index (κ3) is 4.24. The van der Waals surface area contributed by atoms with Crippen LogP contribution in [0, 0.1) is 10.1 Å². The maximum Gasteiger partial charge on any atom is 0.270 e. The van der Waals surface area contributed by atoms with E-state index in [0.717, 1.165) is 37.1 Å². The number of hydrogen-bond donors (Lipinski definition) is 1. The van der Waals surface area contributed by atoms with E-state index in [1.54, 1.807) is 24.4 Å². The first-order chi connectivity index (χ1) is 12.6. The fraction of sp³-hybridized carbons (Fsp3) is 0.412. The van der Waals surface area contributed by atoms with E-state index in [1.807, 2.05) is 4.68 Å². The second kappa shape index (κ2) is 8.07. The fourth-order valence-corrected chi connectivity index (χ4v) is 3.02. The van der Waals surface area contributed by atoms with Crippen molar-refractivity contribution in [3.63, 3.8) is 0 Å². The molecule has 3 rings (SSSR count). The van der Waals surface area contributed by atoms with Crippen LogP contribution in [0.25, 0.3) is 10.9 Å². The highest BCUT2D eigenvalue weighted by atomic mass is 16.6. The Kier molecular flexibility index (Phi) is 5.59. The molecule has 0 unspecified atom stereocenters. The molecule has 0 aliphatic carbocycles. The van der Waals surface area contributed by atoms with E-state index in [2.05, 4.69) is 26.8 Å². The van der Waals surface area contributed by atoms with Gasteiger partial charge in [-0.15, -0.1) is 6.58 Å². The Hall–Kier alpha value is -2.78. The van der Waals surface area contributed by atoms with E-state index in [0.29, 0.717) is 19.8 Å². The van der Waals surface area contributed by atoms with Crippen LogP contribution in [-0.4, -0.2) is 69.7 Å². The molecule has 0 atom stereocenters. The lowest BCUT2D eigenvalue weighted by molar-refractivity contribution is -0.384. The Labute approximate surface area is 151 Å². The summed E-state index contributed by atoms with van der Waals surface area (Å²) in [6.07, 6.45) is 3.32. The van der Waals surface area contributed by atoms with E-state index in [9.17, 15) is 14.9 Å². The maximum atomic E-state index is 11.8. The van der Waals surface area contributed by atoms with Crippen molar-refractivity contribution in [2.45, 2.75) is 6.67 Å². The molecule has 1 aliphatic heterocycles. The summed E-state index contributed by atoms with van der Waals surface area (Å²) in [5.74, 6) is 0.0121. The van der Waals surface area contributed by atoms with Crippen molar-refractivity contribution < 1.29 is 9.72 Å². The molecule has 1 fully saturated rings. The first kappa shape index (κ1) is 18.0. The number of nitrogens with zero attached hydrogens (tertiary/aromatic N) is 5. The molecule has 26 heavy (non-hydrogen) atoms. The number of carbonyl (C=O) groups is 1. The summed E-state index contributed by atoms with van der Waals surface area (Å²) in [4.78, 5) is 26.6. The van der Waals surface area contributed by atoms with Gasteiger partial charge in [0.1, 0.15) is 0 Å². The van der Waals surface area contributed by atoms with Crippen molar-refractivity contribution in [3.8, 4) is 0 Å². The number of non-ortho nitro benzene ring substituents is 1. The maximum absolute atomic E-state index is 11.8. The molecule has 0 saturated carbocycles. The lowest BCUT2D eigenvalue weighted by Gasteiger charge is -2.34. The summed E-state index contributed by atoms with van der Waals surface area (Å²) in [5, 5.41) is 18.8. The van der Waals surface area contributed by atoms with E-state index in [-0.39, 0.29) is 11.6 Å². The Morgan fingerprint density at radius 3 is 2.73 bits per heavy atom. The number of fused-ring (bicyclic) bond motifs is 1. The monoisotopic (exact) mass is 358 g/mol. The highest BCUT2D eigenvalue weighted by Crippen LogP contribution is 2.21. The summed E-state index contributed by atoms with van der Waals surface area (Å²) < 4.78 is 1.85. The van der Waals surface area contributed by atoms with Gasteiger partial charge in [-0.1, -0.05) is 6.08 Å². The van der Waals surface area contributed by atoms with Crippen LogP contribution in [0.3, 0.4) is 0 Å². The first-order valence-electron chi connectivity index (χ1n) is 8.49. The molecular weight excluding hydrogens is 336 g/mol. The summed E-state index contributed by atoms with van der Waals surface area (Å²) in [6, 6.07) is 4.78. The summed E-state index contributed by atoms with van der Waals surface area (Å²) in [6.45, 7) is 8.39. The van der Waals surface area contributed by atoms with E-state index in [1.165, 1.54) is 6.07 Å². The quantitative estimate of drug-likeness (QED) is 0.447. The lowest BCUT2D eigenvalue weighted by atomic mass is 10.2. The van der Waals surface area contributed by atoms with E-state index >= 15 is 0 Å². The molecule has 2 aromatic rings. The molecule has 0 radical (unpaired) electrons. The van der Waals surface area contributed by atoms with Gasteiger partial charge in [0.2, 0.25) is 5.91 Å². The average Bonchev–Trinajstić information content (AvgIpc) is 3.03. The molecule has 1 aromatic heterocycles. The van der Waals surface area contributed by atoms with Gasteiger partial charge in [-0.25, -0.2) is 0 Å². The van der Waals surface area contributed by atoms with Gasteiger partial charge in [-0.3, -0.25) is 29.4 Å². The van der Waals surface area contributed by atoms with Gasteiger partial charge in [-0.05, 0) is 6.07 Å². The van der Waals surface area contributed by atoms with Crippen LogP contribution < -0.4 is 5.32 Å². The molecule has 2 heterocycles. The number of hydrogen-bond acceptors (Lipinski definition) is 6. The molecule has 0 bridgehead atoms. The third-order valence-corrected chi connectivity index (χ3v) is 4.45. The van der Waals surface area contributed by atoms with Gasteiger partial charge in [-0.2, -0.15) is 5.10 Å². The SMILES string of the molecule is C=CCNC(=O)CN1CCN(Cn2ncc3cc([N+](=O)[O-])ccc32)CC1. The Balaban J connectivity index is 1.55. The van der Waals surface area contributed by atoms with E-state index in [4.69, 9.17) is 0 Å². The lowest BCUT2D eigenvalue weighted by Crippen LogP contribution is -2.49. The highest BCUT2D eigenvalue weighted by Gasteiger charge is 2.20. The number of nitro groups is 1. The molecular formula is C17H22N6O3. The van der Waals surface area contributed by atoms with Crippen LogP contribution in [-0.2, 0) is 11.5 Å². The Morgan fingerprint density at radius 1 is 1.31 bits per heavy atom. The molecule has 138 valence electrons. The van der Waals surface area contributed by atoms with Crippen LogP contribution >= 0.6 is 0 Å². The molecule has 9 heteroatoms. The smallest absolute Gasteiger partial charge is 0.270 e. The largest absolute Gasteiger partial charge is 0.352 e. The summed E-state index contributed by atoms with van der Waals surface area (Å²) in [5.41, 5.74) is 0.947. The van der Waals surface area contributed by atoms with Crippen LogP contribution in [0.2, 0.25) is 0 Å². The number of nitrogens with one attached hydrogen (secondary N) is 1. The molecule has 1 N–H and O–H groups in total. The van der Waals surface area contributed by atoms with Gasteiger partial charge in [0.15, 0.2) is 0 Å². The number of rotatable bonds is 7. The Bertz CT molecular complexity index is 810. The number of nitro benzene ring substituents is 1. The minimum atomic E-state index is -0.402. The van der Waals surface area contributed by atoms with Crippen molar-refractivity contribution in [3.05, 3.63) is 47.2 Å². The predicted octanol–water partition coefficient (Wildman–Crippen LogP) is 0.822. The summed E-state index contributed by atoms with van der Waals surface area (Å²) >= 11 is 0. The van der Waals surface area contributed by atoms with Crippen LogP contribution in [0.1, 0.15) is 0 Å². The topological polar surface area (TPSA) is 96.5 Å². The van der Waals surface area contributed by atoms with E-state index < -0.39 is 4.92 Å². The third-order valence-electron chi connectivity index (χ3n) is 4.45. The number of aromatic nitrogens is 2. The van der Waals surface area contributed by atoms with Gasteiger partial charge in [0.25, 0.3) is 5.69 Å². The van der Waals surface area contributed by atoms with Crippen molar-refractivity contribution in [1.82, 2.24) is 24.9 Å². The number of carbonyl (C=O) groups excluding carboxylic acids is 1. The van der Waals surface area contributed by atoms with Crippen molar-refractivity contribution in [1.29, 1.82) is 0 Å². The van der Waals surface area contributed by atoms with Crippen molar-refractivity contribution in [2.75, 3.05) is 39.3 Å². The minimum Gasteiger partial charge on any atom is -0.352 e.